The summed E-state index contributed by atoms with van der Waals surface area (Å²) in [5.41, 5.74) is -0.500. The van der Waals surface area contributed by atoms with Gasteiger partial charge in [-0.15, -0.1) is 0 Å². The Morgan fingerprint density at radius 1 is 1.16 bits per heavy atom. The number of nitrogens with one attached hydrogen (secondary N) is 2. The van der Waals surface area contributed by atoms with E-state index in [0.717, 1.165) is 25.7 Å². The predicted octanol–water partition coefficient (Wildman–Crippen LogP) is 3.53. The molecule has 3 fully saturated rings. The van der Waals surface area contributed by atoms with Gasteiger partial charge in [-0.05, 0) is 48.9 Å². The summed E-state index contributed by atoms with van der Waals surface area (Å²) in [4.78, 5) is 43.0. The molecule has 8 heteroatoms. The van der Waals surface area contributed by atoms with Gasteiger partial charge in [-0.2, -0.15) is 0 Å². The molecule has 0 unspecified atom stereocenters. The molecule has 8 nitrogen and oxygen atoms in total. The van der Waals surface area contributed by atoms with Gasteiger partial charge in [0.25, 0.3) is 0 Å². The third kappa shape index (κ3) is 4.33. The number of carbonyl (C=O) groups is 3. The van der Waals surface area contributed by atoms with Gasteiger partial charge in [0.1, 0.15) is 17.4 Å². The fourth-order valence-corrected chi connectivity index (χ4v) is 6.78. The zero-order valence-electron chi connectivity index (χ0n) is 22.2. The van der Waals surface area contributed by atoms with E-state index in [1.165, 1.54) is 6.42 Å². The predicted molar refractivity (Wildman–Crippen MR) is 140 cm³/mol. The number of carbonyl (C=O) groups excluding carboxylic acids is 3. The molecule has 2 bridgehead atoms. The minimum absolute atomic E-state index is 0.0755. The molecule has 2 saturated heterocycles. The molecule has 8 atom stereocenters. The normalized spacial score (nSPS) is 35.9. The van der Waals surface area contributed by atoms with Crippen LogP contribution in [0.3, 0.4) is 0 Å². The van der Waals surface area contributed by atoms with Crippen LogP contribution in [-0.2, 0) is 19.1 Å². The second kappa shape index (κ2) is 10.1. The van der Waals surface area contributed by atoms with Gasteiger partial charge < -0.3 is 25.0 Å². The zero-order chi connectivity index (χ0) is 26.3. The van der Waals surface area contributed by atoms with Crippen molar-refractivity contribution in [2.24, 2.45) is 23.7 Å². The number of anilines is 1. The van der Waals surface area contributed by atoms with E-state index in [1.807, 2.05) is 12.2 Å². The van der Waals surface area contributed by atoms with Gasteiger partial charge in [0, 0.05) is 18.3 Å². The molecule has 1 spiro atoms. The molecule has 0 radical (unpaired) electrons. The van der Waals surface area contributed by atoms with Crippen molar-refractivity contribution in [1.29, 1.82) is 0 Å². The lowest BCUT2D eigenvalue weighted by molar-refractivity contribution is -0.141. The summed E-state index contributed by atoms with van der Waals surface area (Å²) in [5, 5.41) is 6.24. The highest BCUT2D eigenvalue weighted by atomic mass is 16.5. The molecule has 1 aromatic rings. The van der Waals surface area contributed by atoms with Crippen LogP contribution in [0.2, 0.25) is 0 Å². The summed E-state index contributed by atoms with van der Waals surface area (Å²) in [6.45, 7) is 6.96. The molecular formula is C29H39N3O5. The first kappa shape index (κ1) is 25.8. The van der Waals surface area contributed by atoms with E-state index < -0.39 is 29.6 Å². The summed E-state index contributed by atoms with van der Waals surface area (Å²) in [6, 6.07) is 6.38. The van der Waals surface area contributed by atoms with Crippen molar-refractivity contribution in [3.8, 4) is 5.75 Å². The maximum Gasteiger partial charge on any atom is 0.246 e. The number of nitrogens with zero attached hydrogens (tertiary/aromatic N) is 1. The molecule has 1 saturated carbocycles. The van der Waals surface area contributed by atoms with Crippen molar-refractivity contribution in [1.82, 2.24) is 10.2 Å². The lowest BCUT2D eigenvalue weighted by atomic mass is 9.73. The lowest BCUT2D eigenvalue weighted by Crippen LogP contribution is -2.58. The highest BCUT2D eigenvalue weighted by molar-refractivity contribution is 6.02. The number of ether oxygens (including phenoxy) is 2. The van der Waals surface area contributed by atoms with E-state index in [4.69, 9.17) is 9.47 Å². The van der Waals surface area contributed by atoms with Crippen LogP contribution in [0.25, 0.3) is 0 Å². The Morgan fingerprint density at radius 3 is 2.62 bits per heavy atom. The smallest absolute Gasteiger partial charge is 0.246 e. The maximum absolute atomic E-state index is 13.9. The number of methoxy groups -OCH3 is 1. The summed E-state index contributed by atoms with van der Waals surface area (Å²) in [6.07, 6.45) is 8.07. The molecule has 5 rings (SSSR count). The van der Waals surface area contributed by atoms with Crippen LogP contribution >= 0.6 is 0 Å². The highest BCUT2D eigenvalue weighted by Crippen LogP contribution is 2.55. The number of amides is 3. The molecule has 3 aliphatic heterocycles. The molecule has 3 heterocycles. The molecule has 2 N–H and O–H groups in total. The quantitative estimate of drug-likeness (QED) is 0.523. The van der Waals surface area contributed by atoms with Gasteiger partial charge in [-0.1, -0.05) is 52.2 Å². The number of fused-ring (bicyclic) bond motifs is 1. The minimum Gasteiger partial charge on any atom is -0.497 e. The third-order valence-electron chi connectivity index (χ3n) is 9.07. The second-order valence-corrected chi connectivity index (χ2v) is 11.2. The average molecular weight is 510 g/mol. The van der Waals surface area contributed by atoms with Crippen molar-refractivity contribution >= 4 is 23.4 Å². The molecule has 0 aromatic heterocycles. The van der Waals surface area contributed by atoms with Crippen LogP contribution in [-0.4, -0.2) is 60.1 Å². The highest BCUT2D eigenvalue weighted by Gasteiger charge is 2.72. The van der Waals surface area contributed by atoms with Crippen molar-refractivity contribution in [3.05, 3.63) is 36.4 Å². The summed E-state index contributed by atoms with van der Waals surface area (Å²) >= 11 is 0. The molecule has 3 amide bonds. The SMILES string of the molecule is CCCCN1C(=O)[C@@H]2[C@H](C(=O)Nc3ccc(OC)cc3)[C@@H]3C=C[C@@]2(O3)[C@@H]1C(=O)N[C@@H]1CCC[C@@H](C)[C@@H]1C. The summed E-state index contributed by atoms with van der Waals surface area (Å²) in [5.74, 6) is -0.435. The Morgan fingerprint density at radius 2 is 1.92 bits per heavy atom. The van der Waals surface area contributed by atoms with Gasteiger partial charge in [-0.25, -0.2) is 0 Å². The summed E-state index contributed by atoms with van der Waals surface area (Å²) in [7, 11) is 1.59. The molecule has 4 aliphatic rings. The van der Waals surface area contributed by atoms with Crippen molar-refractivity contribution < 1.29 is 23.9 Å². The van der Waals surface area contributed by atoms with E-state index >= 15 is 0 Å². The third-order valence-corrected chi connectivity index (χ3v) is 9.07. The van der Waals surface area contributed by atoms with Gasteiger partial charge in [0.05, 0.1) is 25.0 Å². The van der Waals surface area contributed by atoms with Crippen molar-refractivity contribution in [2.45, 2.75) is 76.7 Å². The largest absolute Gasteiger partial charge is 0.497 e. The first-order valence-corrected chi connectivity index (χ1v) is 13.7. The Balaban J connectivity index is 1.41. The van der Waals surface area contributed by atoms with Crippen LogP contribution < -0.4 is 15.4 Å². The topological polar surface area (TPSA) is 97.0 Å². The molecule has 37 heavy (non-hydrogen) atoms. The number of hydrogen-bond acceptors (Lipinski definition) is 5. The van der Waals surface area contributed by atoms with E-state index in [1.54, 1.807) is 36.3 Å². The first-order valence-electron chi connectivity index (χ1n) is 13.7. The van der Waals surface area contributed by atoms with Gasteiger partial charge in [0.15, 0.2) is 0 Å². The van der Waals surface area contributed by atoms with Crippen LogP contribution in [0.5, 0.6) is 5.75 Å². The number of rotatable bonds is 8. The fourth-order valence-electron chi connectivity index (χ4n) is 6.78. The van der Waals surface area contributed by atoms with Crippen LogP contribution in [0, 0.1) is 23.7 Å². The van der Waals surface area contributed by atoms with E-state index in [2.05, 4.69) is 31.4 Å². The fraction of sp³-hybridized carbons (Fsp3) is 0.621. The molecule has 200 valence electrons. The van der Waals surface area contributed by atoms with Crippen LogP contribution in [0.1, 0.15) is 52.9 Å². The Kier molecular flexibility index (Phi) is 7.05. The first-order chi connectivity index (χ1) is 17.8. The van der Waals surface area contributed by atoms with Gasteiger partial charge in [-0.3, -0.25) is 14.4 Å². The van der Waals surface area contributed by atoms with Crippen molar-refractivity contribution in [3.63, 3.8) is 0 Å². The van der Waals surface area contributed by atoms with E-state index in [-0.39, 0.29) is 23.8 Å². The standard InChI is InChI=1S/C29H39N3O5/c1-5-6-16-32-25(27(34)31-21-9-7-8-17(2)18(21)3)29-15-14-22(37-29)23(24(29)28(32)35)26(33)30-19-10-12-20(36-4)13-11-19/h10-15,17-18,21-25H,5-9,16H2,1-4H3,(H,30,33)(H,31,34)/t17-,18+,21-,22+,23-,24+,25+,29+/m1/s1. The number of benzene rings is 1. The molecule has 1 aliphatic carbocycles. The Labute approximate surface area is 219 Å². The monoisotopic (exact) mass is 509 g/mol. The Bertz CT molecular complexity index is 1070. The number of unbranched alkanes of at least 4 members (excludes halogenated alkanes) is 1. The van der Waals surface area contributed by atoms with Crippen LogP contribution in [0.4, 0.5) is 5.69 Å². The minimum atomic E-state index is -1.12. The number of likely N-dealkylation sites (tertiary alicyclic amines) is 1. The second-order valence-electron chi connectivity index (χ2n) is 11.2. The van der Waals surface area contributed by atoms with Gasteiger partial charge >= 0.3 is 0 Å². The average Bonchev–Trinajstić information content (AvgIpc) is 3.53. The maximum atomic E-state index is 13.9. The van der Waals surface area contributed by atoms with Crippen LogP contribution in [0.15, 0.2) is 36.4 Å². The zero-order valence-corrected chi connectivity index (χ0v) is 22.2. The molecule has 1 aromatic carbocycles. The van der Waals surface area contributed by atoms with E-state index in [0.29, 0.717) is 29.8 Å². The molecular weight excluding hydrogens is 470 g/mol. The Hall–Kier alpha value is -2.87. The number of hydrogen-bond donors (Lipinski definition) is 2. The van der Waals surface area contributed by atoms with Gasteiger partial charge in [0.2, 0.25) is 17.7 Å². The summed E-state index contributed by atoms with van der Waals surface area (Å²) < 4.78 is 11.6. The lowest BCUT2D eigenvalue weighted by Gasteiger charge is -2.38. The van der Waals surface area contributed by atoms with Crippen molar-refractivity contribution in [2.75, 3.05) is 19.0 Å². The van der Waals surface area contributed by atoms with E-state index in [9.17, 15) is 14.4 Å².